The molecule has 0 spiro atoms. The molecule has 154 valence electrons. The Balaban J connectivity index is 1.75. The Morgan fingerprint density at radius 1 is 1.17 bits per heavy atom. The molecule has 2 aromatic rings. The van der Waals surface area contributed by atoms with Crippen LogP contribution in [0, 0.1) is 11.6 Å². The fourth-order valence-electron chi connectivity index (χ4n) is 2.29. The smallest absolute Gasteiger partial charge is 0.262 e. The Morgan fingerprint density at radius 2 is 1.93 bits per heavy atom. The third kappa shape index (κ3) is 6.76. The Hall–Kier alpha value is -3.13. The van der Waals surface area contributed by atoms with Gasteiger partial charge in [-0.2, -0.15) is 0 Å². The van der Waals surface area contributed by atoms with Crippen molar-refractivity contribution in [3.63, 3.8) is 0 Å². The largest absolute Gasteiger partial charge is 0.496 e. The van der Waals surface area contributed by atoms with Crippen molar-refractivity contribution in [3.8, 4) is 11.5 Å². The molecule has 9 heteroatoms. The summed E-state index contributed by atoms with van der Waals surface area (Å²) in [6.45, 7) is 3.49. The number of hydrogen-bond donors (Lipinski definition) is 2. The number of ether oxygens (including phenoxy) is 2. The van der Waals surface area contributed by atoms with Gasteiger partial charge in [-0.05, 0) is 30.3 Å². The second-order valence-electron chi connectivity index (χ2n) is 5.87. The van der Waals surface area contributed by atoms with Crippen LogP contribution in [0.5, 0.6) is 11.5 Å². The highest BCUT2D eigenvalue weighted by Gasteiger charge is 2.13. The van der Waals surface area contributed by atoms with E-state index in [0.29, 0.717) is 5.70 Å². The van der Waals surface area contributed by atoms with Crippen LogP contribution in [0.25, 0.3) is 0 Å². The highest BCUT2D eigenvalue weighted by atomic mass is 35.5. The van der Waals surface area contributed by atoms with Gasteiger partial charge in [0.05, 0.1) is 17.7 Å². The van der Waals surface area contributed by atoms with Gasteiger partial charge < -0.3 is 20.1 Å². The molecule has 2 rings (SSSR count). The van der Waals surface area contributed by atoms with Crippen molar-refractivity contribution in [2.24, 2.45) is 0 Å². The van der Waals surface area contributed by atoms with Gasteiger partial charge in [0.2, 0.25) is 0 Å². The molecule has 29 heavy (non-hydrogen) atoms. The van der Waals surface area contributed by atoms with Crippen molar-refractivity contribution in [1.29, 1.82) is 0 Å². The SMILES string of the molecule is C=C(CCNC(=O)c1cc(F)ccc1OC)NC(=O)COc1ccc(Cl)c(F)c1. The van der Waals surface area contributed by atoms with E-state index in [1.165, 1.54) is 31.4 Å². The average molecular weight is 425 g/mol. The molecule has 0 saturated heterocycles. The number of rotatable bonds is 9. The second kappa shape index (κ2) is 10.4. The molecule has 0 aliphatic heterocycles. The summed E-state index contributed by atoms with van der Waals surface area (Å²) in [4.78, 5) is 24.0. The Morgan fingerprint density at radius 3 is 2.62 bits per heavy atom. The fourth-order valence-corrected chi connectivity index (χ4v) is 2.41. The van der Waals surface area contributed by atoms with Gasteiger partial charge in [0, 0.05) is 24.7 Å². The number of amides is 2. The first kappa shape index (κ1) is 22.2. The summed E-state index contributed by atoms with van der Waals surface area (Å²) in [6, 6.07) is 7.44. The minimum Gasteiger partial charge on any atom is -0.496 e. The van der Waals surface area contributed by atoms with Gasteiger partial charge in [0.15, 0.2) is 6.61 Å². The summed E-state index contributed by atoms with van der Waals surface area (Å²) in [7, 11) is 1.38. The summed E-state index contributed by atoms with van der Waals surface area (Å²) in [6.07, 6.45) is 0.241. The van der Waals surface area contributed by atoms with E-state index in [-0.39, 0.29) is 41.7 Å². The maximum atomic E-state index is 13.3. The maximum absolute atomic E-state index is 13.3. The van der Waals surface area contributed by atoms with Crippen LogP contribution in [0.3, 0.4) is 0 Å². The molecule has 0 aliphatic carbocycles. The lowest BCUT2D eigenvalue weighted by Crippen LogP contribution is -2.31. The number of hydrogen-bond acceptors (Lipinski definition) is 4. The number of halogens is 3. The van der Waals surface area contributed by atoms with Crippen molar-refractivity contribution >= 4 is 23.4 Å². The minimum atomic E-state index is -0.653. The van der Waals surface area contributed by atoms with E-state index < -0.39 is 23.4 Å². The molecule has 2 N–H and O–H groups in total. The lowest BCUT2D eigenvalue weighted by molar-refractivity contribution is -0.122. The molecule has 6 nitrogen and oxygen atoms in total. The van der Waals surface area contributed by atoms with Crippen molar-refractivity contribution in [2.75, 3.05) is 20.3 Å². The van der Waals surface area contributed by atoms with Gasteiger partial charge in [-0.3, -0.25) is 9.59 Å². The Kier molecular flexibility index (Phi) is 7.97. The first-order valence-corrected chi connectivity index (χ1v) is 8.85. The summed E-state index contributed by atoms with van der Waals surface area (Å²) < 4.78 is 36.9. The molecule has 0 fully saturated rings. The van der Waals surface area contributed by atoms with E-state index in [1.807, 2.05) is 0 Å². The minimum absolute atomic E-state index is 0.0481. The first-order chi connectivity index (χ1) is 13.8. The second-order valence-corrected chi connectivity index (χ2v) is 6.27. The number of nitrogens with one attached hydrogen (secondary N) is 2. The molecule has 0 radical (unpaired) electrons. The van der Waals surface area contributed by atoms with Crippen LogP contribution in [0.15, 0.2) is 48.7 Å². The molecule has 0 aromatic heterocycles. The van der Waals surface area contributed by atoms with Gasteiger partial charge in [0.1, 0.15) is 23.1 Å². The predicted molar refractivity (Wildman–Crippen MR) is 104 cm³/mol. The third-order valence-corrected chi connectivity index (χ3v) is 4.00. The topological polar surface area (TPSA) is 76.7 Å². The predicted octanol–water partition coefficient (Wildman–Crippen LogP) is 3.46. The van der Waals surface area contributed by atoms with Crippen molar-refractivity contribution in [3.05, 3.63) is 70.9 Å². The monoisotopic (exact) mass is 424 g/mol. The van der Waals surface area contributed by atoms with Crippen molar-refractivity contribution in [1.82, 2.24) is 10.6 Å². The zero-order valence-corrected chi connectivity index (χ0v) is 16.3. The molecule has 0 aliphatic rings. The molecule has 0 saturated carbocycles. The summed E-state index contributed by atoms with van der Waals surface area (Å²) in [5.74, 6) is -1.83. The van der Waals surface area contributed by atoms with Crippen LogP contribution in [-0.2, 0) is 4.79 Å². The molecule has 0 unspecified atom stereocenters. The molecule has 0 atom stereocenters. The van der Waals surface area contributed by atoms with Crippen LogP contribution in [-0.4, -0.2) is 32.1 Å². The third-order valence-electron chi connectivity index (χ3n) is 3.70. The van der Waals surface area contributed by atoms with E-state index in [0.717, 1.165) is 12.1 Å². The molecular formula is C20H19ClF2N2O4. The average Bonchev–Trinajstić information content (AvgIpc) is 2.68. The summed E-state index contributed by atoms with van der Waals surface area (Å²) in [5, 5.41) is 5.05. The van der Waals surface area contributed by atoms with Crippen LogP contribution in [0.4, 0.5) is 8.78 Å². The highest BCUT2D eigenvalue weighted by Crippen LogP contribution is 2.20. The standard InChI is InChI=1S/C20H19ClF2N2O4/c1-12(25-19(26)11-29-14-4-5-16(21)17(23)10-14)7-8-24-20(27)15-9-13(22)3-6-18(15)28-2/h3-6,9-10H,1,7-8,11H2,2H3,(H,24,27)(H,25,26). The van der Waals surface area contributed by atoms with Crippen molar-refractivity contribution < 1.29 is 27.8 Å². The van der Waals surface area contributed by atoms with Gasteiger partial charge in [0.25, 0.3) is 11.8 Å². The van der Waals surface area contributed by atoms with Gasteiger partial charge in [-0.15, -0.1) is 0 Å². The molecule has 0 bridgehead atoms. The quantitative estimate of drug-likeness (QED) is 0.646. The van der Waals surface area contributed by atoms with E-state index >= 15 is 0 Å². The lowest BCUT2D eigenvalue weighted by Gasteiger charge is -2.12. The normalized spacial score (nSPS) is 10.2. The van der Waals surface area contributed by atoms with Gasteiger partial charge in [-0.1, -0.05) is 18.2 Å². The molecule has 0 heterocycles. The zero-order valence-electron chi connectivity index (χ0n) is 15.6. The van der Waals surface area contributed by atoms with Crippen molar-refractivity contribution in [2.45, 2.75) is 6.42 Å². The zero-order chi connectivity index (χ0) is 21.4. The van der Waals surface area contributed by atoms with E-state index in [2.05, 4.69) is 17.2 Å². The Bertz CT molecular complexity index is 921. The number of carbonyl (C=O) groups is 2. The summed E-state index contributed by atoms with van der Waals surface area (Å²) in [5.41, 5.74) is 0.401. The van der Waals surface area contributed by atoms with E-state index in [9.17, 15) is 18.4 Å². The molecule has 2 aromatic carbocycles. The molecule has 2 amide bonds. The number of carbonyl (C=O) groups excluding carboxylic acids is 2. The fraction of sp³-hybridized carbons (Fsp3) is 0.200. The molecular weight excluding hydrogens is 406 g/mol. The van der Waals surface area contributed by atoms with Crippen LogP contribution < -0.4 is 20.1 Å². The summed E-state index contributed by atoms with van der Waals surface area (Å²) >= 11 is 5.57. The lowest BCUT2D eigenvalue weighted by atomic mass is 10.1. The van der Waals surface area contributed by atoms with Crippen LogP contribution >= 0.6 is 11.6 Å². The first-order valence-electron chi connectivity index (χ1n) is 8.47. The Labute approximate surface area is 171 Å². The highest BCUT2D eigenvalue weighted by molar-refractivity contribution is 6.30. The maximum Gasteiger partial charge on any atom is 0.262 e. The van der Waals surface area contributed by atoms with Crippen LogP contribution in [0.2, 0.25) is 5.02 Å². The van der Waals surface area contributed by atoms with Gasteiger partial charge >= 0.3 is 0 Å². The number of methoxy groups -OCH3 is 1. The van der Waals surface area contributed by atoms with E-state index in [4.69, 9.17) is 21.1 Å². The van der Waals surface area contributed by atoms with Gasteiger partial charge in [-0.25, -0.2) is 8.78 Å². The van der Waals surface area contributed by atoms with Crippen LogP contribution in [0.1, 0.15) is 16.8 Å². The number of benzene rings is 2. The van der Waals surface area contributed by atoms with E-state index in [1.54, 1.807) is 0 Å².